The predicted molar refractivity (Wildman–Crippen MR) is 79.3 cm³/mol. The third-order valence-electron chi connectivity index (χ3n) is 2.85. The van der Waals surface area contributed by atoms with Crippen LogP contribution in [0.1, 0.15) is 32.1 Å². The second-order valence-electron chi connectivity index (χ2n) is 4.84. The van der Waals surface area contributed by atoms with Gasteiger partial charge in [-0.1, -0.05) is 12.8 Å². The second-order valence-corrected chi connectivity index (χ2v) is 4.84. The fourth-order valence-corrected chi connectivity index (χ4v) is 1.49. The van der Waals surface area contributed by atoms with Crippen molar-refractivity contribution in [3.05, 3.63) is 0 Å². The second kappa shape index (κ2) is 11.7. The normalized spacial score (nSPS) is 13.0. The molecule has 10 heteroatoms. The Labute approximate surface area is 133 Å². The number of ether oxygens (including phenoxy) is 2. The minimum atomic E-state index is -1.01. The number of esters is 4. The maximum Gasteiger partial charge on any atom is 0.331 e. The molecule has 0 rings (SSSR count). The molecule has 132 valence electrons. The molecule has 0 saturated heterocycles. The number of unbranched alkanes of at least 4 members (excludes halogenated alkanes) is 2. The van der Waals surface area contributed by atoms with Gasteiger partial charge in [0.1, 0.15) is 12.1 Å². The minimum Gasteiger partial charge on any atom is -0.392 e. The first kappa shape index (κ1) is 21.1. The van der Waals surface area contributed by atoms with Crippen molar-refractivity contribution in [1.82, 2.24) is 0 Å². The molecule has 2 atom stereocenters. The monoisotopic (exact) mass is 332 g/mol. The lowest BCUT2D eigenvalue weighted by Gasteiger charge is -2.10. The maximum atomic E-state index is 11.3. The van der Waals surface area contributed by atoms with Gasteiger partial charge < -0.3 is 32.4 Å². The van der Waals surface area contributed by atoms with Crippen molar-refractivity contribution in [2.24, 2.45) is 22.9 Å². The van der Waals surface area contributed by atoms with E-state index in [0.717, 1.165) is 0 Å². The number of nitrogens with two attached hydrogens (primary N) is 4. The van der Waals surface area contributed by atoms with E-state index >= 15 is 0 Å². The molecule has 0 spiro atoms. The Morgan fingerprint density at radius 2 is 1.35 bits per heavy atom. The Bertz CT molecular complexity index is 429. The molecule has 2 unspecified atom stereocenters. The van der Waals surface area contributed by atoms with Crippen LogP contribution in [0.3, 0.4) is 0 Å². The summed E-state index contributed by atoms with van der Waals surface area (Å²) < 4.78 is 8.87. The van der Waals surface area contributed by atoms with E-state index in [9.17, 15) is 19.2 Å². The molecule has 0 saturated carbocycles. The molecule has 0 aromatic rings. The van der Waals surface area contributed by atoms with Crippen molar-refractivity contribution in [3.63, 3.8) is 0 Å². The van der Waals surface area contributed by atoms with Gasteiger partial charge in [0.2, 0.25) is 0 Å². The van der Waals surface area contributed by atoms with Crippen LogP contribution in [0.5, 0.6) is 0 Å². The van der Waals surface area contributed by atoms with E-state index in [4.69, 9.17) is 22.9 Å². The van der Waals surface area contributed by atoms with Crippen LogP contribution >= 0.6 is 0 Å². The molecule has 0 bridgehead atoms. The summed E-state index contributed by atoms with van der Waals surface area (Å²) in [5, 5.41) is 0. The molecule has 23 heavy (non-hydrogen) atoms. The van der Waals surface area contributed by atoms with Gasteiger partial charge in [0.25, 0.3) is 0 Å². The van der Waals surface area contributed by atoms with E-state index in [2.05, 4.69) is 9.47 Å². The largest absolute Gasteiger partial charge is 0.392 e. The van der Waals surface area contributed by atoms with Crippen molar-refractivity contribution >= 4 is 23.9 Å². The van der Waals surface area contributed by atoms with Crippen molar-refractivity contribution < 1.29 is 28.7 Å². The molecule has 10 nitrogen and oxygen atoms in total. The number of hydrogen-bond acceptors (Lipinski definition) is 10. The van der Waals surface area contributed by atoms with Crippen LogP contribution in [0, 0.1) is 0 Å². The van der Waals surface area contributed by atoms with Crippen LogP contribution in [0.4, 0.5) is 0 Å². The number of carbonyl (C=O) groups is 4. The van der Waals surface area contributed by atoms with Crippen molar-refractivity contribution in [1.29, 1.82) is 0 Å². The lowest BCUT2D eigenvalue weighted by atomic mass is 10.1. The highest BCUT2D eigenvalue weighted by molar-refractivity contribution is 5.89. The molecule has 0 aliphatic carbocycles. The summed E-state index contributed by atoms with van der Waals surface area (Å²) in [5.74, 6) is -3.21. The van der Waals surface area contributed by atoms with Gasteiger partial charge in [0, 0.05) is 13.0 Å². The zero-order valence-corrected chi connectivity index (χ0v) is 12.9. The molecule has 0 amide bonds. The van der Waals surface area contributed by atoms with Gasteiger partial charge in [-0.2, -0.15) is 0 Å². The Hall–Kier alpha value is -1.88. The lowest BCUT2D eigenvalue weighted by Crippen LogP contribution is -2.40. The molecular formula is C13H24N4O6. The standard InChI is InChI=1S/C13H24N4O6/c14-6-9(17)13(21)22-10(18)5-3-1-2-4-8(16)12(20)23-11(19)7-15/h8-9H,1-7,14-17H2. The van der Waals surface area contributed by atoms with Crippen molar-refractivity contribution in [2.45, 2.75) is 44.2 Å². The minimum absolute atomic E-state index is 0.0361. The zero-order valence-electron chi connectivity index (χ0n) is 12.9. The smallest absolute Gasteiger partial charge is 0.331 e. The first-order valence-corrected chi connectivity index (χ1v) is 7.22. The summed E-state index contributed by atoms with van der Waals surface area (Å²) in [6, 6.07) is -1.94. The van der Waals surface area contributed by atoms with E-state index in [1.54, 1.807) is 0 Å². The summed E-state index contributed by atoms with van der Waals surface area (Å²) in [5.41, 5.74) is 21.0. The number of rotatable bonds is 10. The van der Waals surface area contributed by atoms with Crippen LogP contribution in [0.2, 0.25) is 0 Å². The highest BCUT2D eigenvalue weighted by Crippen LogP contribution is 2.07. The highest BCUT2D eigenvalue weighted by atomic mass is 16.6. The summed E-state index contributed by atoms with van der Waals surface area (Å²) in [7, 11) is 0. The van der Waals surface area contributed by atoms with Gasteiger partial charge >= 0.3 is 23.9 Å². The molecule has 0 fully saturated rings. The fraction of sp³-hybridized carbons (Fsp3) is 0.692. The lowest BCUT2D eigenvalue weighted by molar-refractivity contribution is -0.162. The van der Waals surface area contributed by atoms with Crippen molar-refractivity contribution in [3.8, 4) is 0 Å². The van der Waals surface area contributed by atoms with Crippen LogP contribution in [0.15, 0.2) is 0 Å². The van der Waals surface area contributed by atoms with Gasteiger partial charge in [-0.05, 0) is 12.8 Å². The Kier molecular flexibility index (Phi) is 10.7. The summed E-state index contributed by atoms with van der Waals surface area (Å²) in [4.78, 5) is 44.7. The van der Waals surface area contributed by atoms with Crippen LogP contribution in [-0.4, -0.2) is 49.1 Å². The van der Waals surface area contributed by atoms with E-state index in [0.29, 0.717) is 25.7 Å². The van der Waals surface area contributed by atoms with Gasteiger partial charge in [0.05, 0.1) is 6.54 Å². The number of carbonyl (C=O) groups excluding carboxylic acids is 4. The molecule has 0 radical (unpaired) electrons. The predicted octanol–water partition coefficient (Wildman–Crippen LogP) is -2.35. The van der Waals surface area contributed by atoms with E-state index in [-0.39, 0.29) is 13.0 Å². The van der Waals surface area contributed by atoms with Crippen LogP contribution < -0.4 is 22.9 Å². The van der Waals surface area contributed by atoms with Crippen LogP contribution in [-0.2, 0) is 28.7 Å². The number of hydrogen-bond donors (Lipinski definition) is 4. The van der Waals surface area contributed by atoms with Crippen LogP contribution in [0.25, 0.3) is 0 Å². The van der Waals surface area contributed by atoms with E-state index in [1.165, 1.54) is 0 Å². The van der Waals surface area contributed by atoms with Gasteiger partial charge in [-0.25, -0.2) is 9.59 Å². The van der Waals surface area contributed by atoms with E-state index in [1.807, 2.05) is 0 Å². The Morgan fingerprint density at radius 3 is 1.91 bits per heavy atom. The molecule has 0 aromatic heterocycles. The van der Waals surface area contributed by atoms with Gasteiger partial charge in [-0.3, -0.25) is 9.59 Å². The average molecular weight is 332 g/mol. The quantitative estimate of drug-likeness (QED) is 0.191. The first-order valence-electron chi connectivity index (χ1n) is 7.22. The molecule has 8 N–H and O–H groups in total. The zero-order chi connectivity index (χ0) is 17.8. The van der Waals surface area contributed by atoms with E-state index < -0.39 is 42.5 Å². The maximum absolute atomic E-state index is 11.3. The third kappa shape index (κ3) is 9.68. The molecule has 0 aliphatic rings. The molecule has 0 aliphatic heterocycles. The molecular weight excluding hydrogens is 308 g/mol. The molecule has 0 heterocycles. The summed E-state index contributed by atoms with van der Waals surface area (Å²) >= 11 is 0. The Balaban J connectivity index is 3.80. The van der Waals surface area contributed by atoms with Crippen molar-refractivity contribution in [2.75, 3.05) is 13.1 Å². The SMILES string of the molecule is NCC(=O)OC(=O)C(N)CCCCCC(=O)OC(=O)C(N)CN. The third-order valence-corrected chi connectivity index (χ3v) is 2.85. The van der Waals surface area contributed by atoms with Gasteiger partial charge in [-0.15, -0.1) is 0 Å². The summed E-state index contributed by atoms with van der Waals surface area (Å²) in [6.45, 7) is -0.500. The average Bonchev–Trinajstić information content (AvgIpc) is 2.52. The van der Waals surface area contributed by atoms with Gasteiger partial charge in [0.15, 0.2) is 0 Å². The fourth-order valence-electron chi connectivity index (χ4n) is 1.49. The first-order chi connectivity index (χ1) is 10.8. The Morgan fingerprint density at radius 1 is 0.783 bits per heavy atom. The summed E-state index contributed by atoms with van der Waals surface area (Å²) in [6.07, 6.45) is 1.90. The molecule has 0 aromatic carbocycles. The topological polar surface area (TPSA) is 191 Å². The highest BCUT2D eigenvalue weighted by Gasteiger charge is 2.18.